The van der Waals surface area contributed by atoms with Gasteiger partial charge in [-0.05, 0) is 37.8 Å². The topological polar surface area (TPSA) is 86.5 Å². The molecule has 1 atom stereocenters. The van der Waals surface area contributed by atoms with E-state index in [1.165, 1.54) is 16.1 Å². The molecule has 1 saturated heterocycles. The van der Waals surface area contributed by atoms with E-state index in [0.717, 1.165) is 49.4 Å². The highest BCUT2D eigenvalue weighted by atomic mass is 32.2. The van der Waals surface area contributed by atoms with E-state index in [1.807, 2.05) is 17.2 Å². The zero-order chi connectivity index (χ0) is 19.9. The SMILES string of the molecule is C[C@@]1(C2CCN(C#N)CC2)Cc2cc(C3=CCN(S(C)(=O)=O)CC3)ncc2O1. The van der Waals surface area contributed by atoms with E-state index in [2.05, 4.69) is 24.2 Å². The van der Waals surface area contributed by atoms with Crippen molar-refractivity contribution in [3.8, 4) is 11.9 Å². The second kappa shape index (κ2) is 7.05. The maximum Gasteiger partial charge on any atom is 0.211 e. The molecule has 3 aliphatic rings. The molecule has 0 unspecified atom stereocenters. The molecule has 0 aromatic carbocycles. The Balaban J connectivity index is 1.48. The van der Waals surface area contributed by atoms with E-state index in [4.69, 9.17) is 10.00 Å². The molecule has 8 heteroatoms. The van der Waals surface area contributed by atoms with E-state index in [9.17, 15) is 8.42 Å². The molecule has 7 nitrogen and oxygen atoms in total. The third-order valence-corrected chi connectivity index (χ3v) is 7.57. The van der Waals surface area contributed by atoms with Crippen molar-refractivity contribution in [2.45, 2.75) is 38.2 Å². The maximum atomic E-state index is 11.7. The minimum atomic E-state index is -3.15. The summed E-state index contributed by atoms with van der Waals surface area (Å²) >= 11 is 0. The molecule has 0 radical (unpaired) electrons. The van der Waals surface area contributed by atoms with Crippen molar-refractivity contribution < 1.29 is 13.2 Å². The van der Waals surface area contributed by atoms with Crippen LogP contribution < -0.4 is 4.74 Å². The van der Waals surface area contributed by atoms with Gasteiger partial charge in [0, 0.05) is 44.1 Å². The number of fused-ring (bicyclic) bond motifs is 1. The zero-order valence-corrected chi connectivity index (χ0v) is 17.2. The Morgan fingerprint density at radius 1 is 1.32 bits per heavy atom. The van der Waals surface area contributed by atoms with Gasteiger partial charge >= 0.3 is 0 Å². The Morgan fingerprint density at radius 3 is 2.68 bits per heavy atom. The lowest BCUT2D eigenvalue weighted by Crippen LogP contribution is -2.45. The Morgan fingerprint density at radius 2 is 2.07 bits per heavy atom. The monoisotopic (exact) mass is 402 g/mol. The fraction of sp³-hybridized carbons (Fsp3) is 0.600. The normalized spacial score (nSPS) is 26.3. The molecule has 0 spiro atoms. The first-order valence-electron chi connectivity index (χ1n) is 9.76. The largest absolute Gasteiger partial charge is 0.485 e. The van der Waals surface area contributed by atoms with Crippen LogP contribution in [0.25, 0.3) is 5.57 Å². The number of pyridine rings is 1. The number of piperidine rings is 1. The first-order valence-corrected chi connectivity index (χ1v) is 11.6. The number of nitriles is 1. The van der Waals surface area contributed by atoms with Crippen molar-refractivity contribution in [2.24, 2.45) is 5.92 Å². The van der Waals surface area contributed by atoms with Crippen LogP contribution in [0.15, 0.2) is 18.3 Å². The van der Waals surface area contributed by atoms with Crippen molar-refractivity contribution in [1.82, 2.24) is 14.2 Å². The van der Waals surface area contributed by atoms with Crippen LogP contribution in [0.5, 0.6) is 5.75 Å². The summed E-state index contributed by atoms with van der Waals surface area (Å²) < 4.78 is 31.2. The van der Waals surface area contributed by atoms with E-state index < -0.39 is 10.0 Å². The summed E-state index contributed by atoms with van der Waals surface area (Å²) in [5.41, 5.74) is 2.93. The summed E-state index contributed by atoms with van der Waals surface area (Å²) in [6.45, 7) is 4.66. The summed E-state index contributed by atoms with van der Waals surface area (Å²) in [5.74, 6) is 1.27. The van der Waals surface area contributed by atoms with Crippen LogP contribution in [-0.2, 0) is 16.4 Å². The predicted octanol–water partition coefficient (Wildman–Crippen LogP) is 2.02. The maximum absolute atomic E-state index is 11.7. The van der Waals surface area contributed by atoms with Crippen LogP contribution >= 0.6 is 0 Å². The number of ether oxygens (including phenoxy) is 1. The van der Waals surface area contributed by atoms with E-state index in [1.54, 1.807) is 0 Å². The standard InChI is InChI=1S/C20H26N4O3S/c1-20(17-5-7-23(14-21)8-6-17)12-16-11-18(22-13-19(16)27-20)15-3-9-24(10-4-15)28(2,25)26/h3,11,13,17H,4-10,12H2,1-2H3/t20-/m0/s1. The Hall–Kier alpha value is -2.11. The molecule has 1 aromatic heterocycles. The van der Waals surface area contributed by atoms with Gasteiger partial charge < -0.3 is 9.64 Å². The Bertz CT molecular complexity index is 945. The lowest BCUT2D eigenvalue weighted by molar-refractivity contribution is 0.0194. The number of nitrogens with zero attached hydrogens (tertiary/aromatic N) is 4. The van der Waals surface area contributed by atoms with Gasteiger partial charge in [-0.2, -0.15) is 9.57 Å². The number of likely N-dealkylation sites (tertiary alicyclic amines) is 1. The van der Waals surface area contributed by atoms with Gasteiger partial charge in [-0.25, -0.2) is 8.42 Å². The van der Waals surface area contributed by atoms with Crippen molar-refractivity contribution in [2.75, 3.05) is 32.4 Å². The molecule has 0 N–H and O–H groups in total. The molecule has 0 saturated carbocycles. The van der Waals surface area contributed by atoms with Crippen LogP contribution in [0.2, 0.25) is 0 Å². The zero-order valence-electron chi connectivity index (χ0n) is 16.4. The number of sulfonamides is 1. The smallest absolute Gasteiger partial charge is 0.211 e. The van der Waals surface area contributed by atoms with Gasteiger partial charge in [0.15, 0.2) is 6.19 Å². The number of rotatable bonds is 3. The van der Waals surface area contributed by atoms with Gasteiger partial charge in [-0.15, -0.1) is 0 Å². The predicted molar refractivity (Wildman–Crippen MR) is 106 cm³/mol. The average molecular weight is 403 g/mol. The Labute approximate surface area is 166 Å². The van der Waals surface area contributed by atoms with Crippen LogP contribution in [0.1, 0.15) is 37.4 Å². The number of aromatic nitrogens is 1. The van der Waals surface area contributed by atoms with Gasteiger partial charge in [0.2, 0.25) is 10.0 Å². The Kier molecular flexibility index (Phi) is 4.84. The molecule has 0 amide bonds. The molecular weight excluding hydrogens is 376 g/mol. The quantitative estimate of drug-likeness (QED) is 0.719. The highest BCUT2D eigenvalue weighted by Crippen LogP contribution is 2.43. The van der Waals surface area contributed by atoms with Crippen molar-refractivity contribution in [3.63, 3.8) is 0 Å². The van der Waals surface area contributed by atoms with Crippen LogP contribution in [0.4, 0.5) is 0 Å². The first-order chi connectivity index (χ1) is 13.3. The minimum absolute atomic E-state index is 0.252. The summed E-state index contributed by atoms with van der Waals surface area (Å²) in [6, 6.07) is 2.10. The van der Waals surface area contributed by atoms with Crippen LogP contribution in [0, 0.1) is 17.4 Å². The van der Waals surface area contributed by atoms with Gasteiger partial charge in [-0.1, -0.05) is 6.08 Å². The third-order valence-electron chi connectivity index (χ3n) is 6.30. The summed E-state index contributed by atoms with van der Waals surface area (Å²) in [5, 5.41) is 9.06. The van der Waals surface area contributed by atoms with Crippen molar-refractivity contribution >= 4 is 15.6 Å². The van der Waals surface area contributed by atoms with Gasteiger partial charge in [0.25, 0.3) is 0 Å². The second-order valence-electron chi connectivity index (χ2n) is 8.23. The van der Waals surface area contributed by atoms with Crippen LogP contribution in [0.3, 0.4) is 0 Å². The fourth-order valence-electron chi connectivity index (χ4n) is 4.56. The van der Waals surface area contributed by atoms with E-state index >= 15 is 0 Å². The summed E-state index contributed by atoms with van der Waals surface area (Å²) in [4.78, 5) is 6.40. The molecule has 1 aromatic rings. The molecule has 4 heterocycles. The first kappa shape index (κ1) is 19.2. The lowest BCUT2D eigenvalue weighted by atomic mass is 9.79. The molecule has 0 aliphatic carbocycles. The molecule has 28 heavy (non-hydrogen) atoms. The number of hydrogen-bond acceptors (Lipinski definition) is 6. The van der Waals surface area contributed by atoms with Crippen molar-refractivity contribution in [1.29, 1.82) is 5.26 Å². The molecule has 1 fully saturated rings. The van der Waals surface area contributed by atoms with Crippen molar-refractivity contribution in [3.05, 3.63) is 29.6 Å². The van der Waals surface area contributed by atoms with E-state index in [0.29, 0.717) is 25.4 Å². The second-order valence-corrected chi connectivity index (χ2v) is 10.2. The summed E-state index contributed by atoms with van der Waals surface area (Å²) in [6.07, 6.45) is 10.7. The fourth-order valence-corrected chi connectivity index (χ4v) is 5.33. The molecule has 0 bridgehead atoms. The molecule has 4 rings (SSSR count). The highest BCUT2D eigenvalue weighted by Gasteiger charge is 2.43. The lowest BCUT2D eigenvalue weighted by Gasteiger charge is -2.38. The summed E-state index contributed by atoms with van der Waals surface area (Å²) in [7, 11) is -3.15. The third kappa shape index (κ3) is 3.61. The van der Waals surface area contributed by atoms with Gasteiger partial charge in [0.05, 0.1) is 18.1 Å². The minimum Gasteiger partial charge on any atom is -0.485 e. The van der Waals surface area contributed by atoms with Gasteiger partial charge in [0.1, 0.15) is 11.4 Å². The average Bonchev–Trinajstić information content (AvgIpc) is 3.04. The molecule has 150 valence electrons. The van der Waals surface area contributed by atoms with E-state index in [-0.39, 0.29) is 5.60 Å². The number of hydrogen-bond donors (Lipinski definition) is 0. The van der Waals surface area contributed by atoms with Crippen LogP contribution in [-0.4, -0.2) is 60.6 Å². The molecular formula is C20H26N4O3S. The molecule has 3 aliphatic heterocycles. The highest BCUT2D eigenvalue weighted by molar-refractivity contribution is 7.88. The van der Waals surface area contributed by atoms with Gasteiger partial charge in [-0.3, -0.25) is 4.98 Å².